The molecule has 32 heavy (non-hydrogen) atoms. The number of halogens is 1. The maximum atomic E-state index is 12.5. The van der Waals surface area contributed by atoms with Crippen molar-refractivity contribution in [2.75, 3.05) is 13.7 Å². The second kappa shape index (κ2) is 11.1. The van der Waals surface area contributed by atoms with Gasteiger partial charge in [-0.2, -0.15) is 5.10 Å². The van der Waals surface area contributed by atoms with E-state index in [0.29, 0.717) is 34.8 Å². The molecule has 3 rings (SSSR count). The van der Waals surface area contributed by atoms with Gasteiger partial charge in [-0.05, 0) is 79.2 Å². The fourth-order valence-corrected chi connectivity index (χ4v) is 2.94. The van der Waals surface area contributed by atoms with Crippen LogP contribution in [0.25, 0.3) is 0 Å². The monoisotopic (exact) mass is 496 g/mol. The Balaban J connectivity index is 1.69. The van der Waals surface area contributed by atoms with Gasteiger partial charge in [0.1, 0.15) is 5.75 Å². The Labute approximate surface area is 194 Å². The maximum Gasteiger partial charge on any atom is 0.343 e. The van der Waals surface area contributed by atoms with E-state index in [1.54, 1.807) is 73.8 Å². The van der Waals surface area contributed by atoms with Crippen LogP contribution in [-0.2, 0) is 0 Å². The number of esters is 1. The van der Waals surface area contributed by atoms with E-state index in [4.69, 9.17) is 14.2 Å². The molecule has 0 aliphatic rings. The van der Waals surface area contributed by atoms with Crippen LogP contribution in [0.2, 0.25) is 0 Å². The molecular weight excluding hydrogens is 476 g/mol. The molecule has 0 aliphatic heterocycles. The average molecular weight is 497 g/mol. The lowest BCUT2D eigenvalue weighted by Crippen LogP contribution is -2.17. The third kappa shape index (κ3) is 6.18. The Hall–Kier alpha value is -3.65. The van der Waals surface area contributed by atoms with Gasteiger partial charge < -0.3 is 14.2 Å². The van der Waals surface area contributed by atoms with Crippen LogP contribution in [0.1, 0.15) is 33.2 Å². The Morgan fingerprint density at radius 1 is 0.969 bits per heavy atom. The Morgan fingerprint density at radius 3 is 2.31 bits per heavy atom. The number of carbonyl (C=O) groups is 2. The van der Waals surface area contributed by atoms with Gasteiger partial charge >= 0.3 is 5.97 Å². The van der Waals surface area contributed by atoms with E-state index in [-0.39, 0.29) is 11.7 Å². The fraction of sp³-hybridized carbons (Fsp3) is 0.125. The molecule has 0 saturated heterocycles. The van der Waals surface area contributed by atoms with Crippen molar-refractivity contribution in [3.05, 3.63) is 87.9 Å². The molecule has 0 saturated carbocycles. The average Bonchev–Trinajstić information content (AvgIpc) is 2.81. The van der Waals surface area contributed by atoms with Crippen molar-refractivity contribution in [1.82, 2.24) is 5.43 Å². The molecule has 0 heterocycles. The minimum absolute atomic E-state index is 0.281. The number of hydrogen-bond acceptors (Lipinski definition) is 6. The van der Waals surface area contributed by atoms with Crippen molar-refractivity contribution in [2.45, 2.75) is 6.92 Å². The van der Waals surface area contributed by atoms with E-state index in [0.717, 1.165) is 4.47 Å². The van der Waals surface area contributed by atoms with Crippen molar-refractivity contribution in [3.63, 3.8) is 0 Å². The molecule has 8 heteroatoms. The summed E-state index contributed by atoms with van der Waals surface area (Å²) in [5.74, 6) is 0.467. The first kappa shape index (κ1) is 23.0. The van der Waals surface area contributed by atoms with Gasteiger partial charge in [0, 0.05) is 10.0 Å². The second-order valence-electron chi connectivity index (χ2n) is 6.46. The van der Waals surface area contributed by atoms with Crippen molar-refractivity contribution in [1.29, 1.82) is 0 Å². The number of hydrazone groups is 1. The predicted octanol–water partition coefficient (Wildman–Crippen LogP) is 4.84. The number of benzene rings is 3. The van der Waals surface area contributed by atoms with Gasteiger partial charge in [0.2, 0.25) is 0 Å². The van der Waals surface area contributed by atoms with Gasteiger partial charge in [-0.15, -0.1) is 0 Å². The number of amides is 1. The summed E-state index contributed by atoms with van der Waals surface area (Å²) < 4.78 is 17.1. The van der Waals surface area contributed by atoms with Gasteiger partial charge in [-0.1, -0.05) is 15.9 Å². The molecule has 0 unspecified atom stereocenters. The highest BCUT2D eigenvalue weighted by molar-refractivity contribution is 9.10. The van der Waals surface area contributed by atoms with Gasteiger partial charge in [0.05, 0.1) is 25.5 Å². The lowest BCUT2D eigenvalue weighted by molar-refractivity contribution is 0.0728. The van der Waals surface area contributed by atoms with Crippen LogP contribution in [0, 0.1) is 0 Å². The number of nitrogens with one attached hydrogen (secondary N) is 1. The summed E-state index contributed by atoms with van der Waals surface area (Å²) in [5.41, 5.74) is 4.01. The molecule has 164 valence electrons. The Kier molecular flexibility index (Phi) is 7.99. The zero-order valence-electron chi connectivity index (χ0n) is 17.5. The number of hydrogen-bond donors (Lipinski definition) is 1. The van der Waals surface area contributed by atoms with Crippen molar-refractivity contribution < 1.29 is 23.8 Å². The maximum absolute atomic E-state index is 12.5. The number of nitrogens with zero attached hydrogens (tertiary/aromatic N) is 1. The van der Waals surface area contributed by atoms with E-state index in [1.165, 1.54) is 6.21 Å². The highest BCUT2D eigenvalue weighted by atomic mass is 79.9. The van der Waals surface area contributed by atoms with Gasteiger partial charge in [-0.3, -0.25) is 4.79 Å². The molecule has 0 aromatic heterocycles. The lowest BCUT2D eigenvalue weighted by atomic mass is 10.2. The first-order valence-electron chi connectivity index (χ1n) is 9.72. The molecule has 1 amide bonds. The number of carbonyl (C=O) groups excluding carboxylic acids is 2. The number of ether oxygens (including phenoxy) is 3. The second-order valence-corrected chi connectivity index (χ2v) is 7.38. The molecular formula is C24H21BrN2O5. The molecule has 0 atom stereocenters. The molecule has 7 nitrogen and oxygen atoms in total. The van der Waals surface area contributed by atoms with Crippen molar-refractivity contribution in [2.24, 2.45) is 5.10 Å². The van der Waals surface area contributed by atoms with Gasteiger partial charge in [0.25, 0.3) is 5.91 Å². The molecule has 0 radical (unpaired) electrons. The van der Waals surface area contributed by atoms with Crippen LogP contribution in [0.5, 0.6) is 17.2 Å². The normalized spacial score (nSPS) is 10.6. The van der Waals surface area contributed by atoms with E-state index >= 15 is 0 Å². The SMILES string of the molecule is CCOc1cc(C=NNC(=O)c2ccc(Br)cc2)ccc1OC(=O)c1ccc(OC)cc1. The molecule has 0 fully saturated rings. The smallest absolute Gasteiger partial charge is 0.343 e. The standard InChI is InChI=1S/C24H21BrN2O5/c1-3-31-22-14-16(15-26-27-23(28)17-5-9-19(25)10-6-17)4-13-21(22)32-24(29)18-7-11-20(30-2)12-8-18/h4-15H,3H2,1-2H3,(H,27,28). The number of rotatable bonds is 8. The van der Waals surface area contributed by atoms with Crippen molar-refractivity contribution >= 4 is 34.0 Å². The zero-order valence-corrected chi connectivity index (χ0v) is 19.1. The Bertz CT molecular complexity index is 1110. The van der Waals surface area contributed by atoms with Crippen LogP contribution in [-0.4, -0.2) is 31.8 Å². The van der Waals surface area contributed by atoms with Gasteiger partial charge in [0.15, 0.2) is 11.5 Å². The highest BCUT2D eigenvalue weighted by Crippen LogP contribution is 2.29. The summed E-state index contributed by atoms with van der Waals surface area (Å²) in [7, 11) is 1.55. The quantitative estimate of drug-likeness (QED) is 0.208. The third-order valence-corrected chi connectivity index (χ3v) is 4.81. The summed E-state index contributed by atoms with van der Waals surface area (Å²) >= 11 is 3.33. The first-order chi connectivity index (χ1) is 15.5. The summed E-state index contributed by atoms with van der Waals surface area (Å²) in [4.78, 5) is 24.6. The van der Waals surface area contributed by atoms with Crippen LogP contribution in [0.3, 0.4) is 0 Å². The molecule has 0 spiro atoms. The molecule has 0 bridgehead atoms. The molecule has 3 aromatic rings. The van der Waals surface area contributed by atoms with Crippen LogP contribution in [0.4, 0.5) is 0 Å². The van der Waals surface area contributed by atoms with Crippen LogP contribution < -0.4 is 19.6 Å². The molecule has 1 N–H and O–H groups in total. The third-order valence-electron chi connectivity index (χ3n) is 4.28. The Morgan fingerprint density at radius 2 is 1.66 bits per heavy atom. The number of methoxy groups -OCH3 is 1. The van der Waals surface area contributed by atoms with Crippen LogP contribution >= 0.6 is 15.9 Å². The summed E-state index contributed by atoms with van der Waals surface area (Å²) in [6, 6.07) is 18.5. The predicted molar refractivity (Wildman–Crippen MR) is 125 cm³/mol. The first-order valence-corrected chi connectivity index (χ1v) is 10.5. The van der Waals surface area contributed by atoms with Gasteiger partial charge in [-0.25, -0.2) is 10.2 Å². The van der Waals surface area contributed by atoms with E-state index in [9.17, 15) is 9.59 Å². The minimum atomic E-state index is -0.517. The van der Waals surface area contributed by atoms with Crippen molar-refractivity contribution in [3.8, 4) is 17.2 Å². The zero-order chi connectivity index (χ0) is 22.9. The molecule has 3 aromatic carbocycles. The summed E-state index contributed by atoms with van der Waals surface area (Å²) in [6.07, 6.45) is 1.48. The van der Waals surface area contributed by atoms with Crippen LogP contribution in [0.15, 0.2) is 76.3 Å². The van der Waals surface area contributed by atoms with E-state index < -0.39 is 5.97 Å². The van der Waals surface area contributed by atoms with E-state index in [1.807, 2.05) is 6.92 Å². The minimum Gasteiger partial charge on any atom is -0.497 e. The highest BCUT2D eigenvalue weighted by Gasteiger charge is 2.13. The molecule has 0 aliphatic carbocycles. The summed E-state index contributed by atoms with van der Waals surface area (Å²) in [6.45, 7) is 2.21. The lowest BCUT2D eigenvalue weighted by Gasteiger charge is -2.11. The topological polar surface area (TPSA) is 86.2 Å². The fourth-order valence-electron chi connectivity index (χ4n) is 2.67. The van der Waals surface area contributed by atoms with E-state index in [2.05, 4.69) is 26.5 Å². The largest absolute Gasteiger partial charge is 0.497 e. The summed E-state index contributed by atoms with van der Waals surface area (Å²) in [5, 5.41) is 3.98.